The highest BCUT2D eigenvalue weighted by atomic mass is 35.5. The SMILES string of the molecule is O=C(Nc1nnc(CCN2C(=O)c3ccccc3C2=O)s1)OCCCl. The molecular weight excluding hydrogens is 368 g/mol. The van der Waals surface area contributed by atoms with Gasteiger partial charge < -0.3 is 4.74 Å². The maximum absolute atomic E-state index is 12.3. The minimum atomic E-state index is -0.663. The maximum Gasteiger partial charge on any atom is 0.413 e. The van der Waals surface area contributed by atoms with Crippen LogP contribution in [0.3, 0.4) is 0 Å². The van der Waals surface area contributed by atoms with Crippen molar-refractivity contribution in [3.8, 4) is 0 Å². The summed E-state index contributed by atoms with van der Waals surface area (Å²) in [5.74, 6) is -0.420. The summed E-state index contributed by atoms with van der Waals surface area (Å²) in [7, 11) is 0. The molecule has 0 unspecified atom stereocenters. The molecular formula is C15H13ClN4O4S. The number of carbonyl (C=O) groups excluding carboxylic acids is 3. The molecule has 3 rings (SSSR count). The number of aromatic nitrogens is 2. The van der Waals surface area contributed by atoms with Crippen LogP contribution in [0.25, 0.3) is 0 Å². The third-order valence-electron chi connectivity index (χ3n) is 3.41. The molecule has 8 nitrogen and oxygen atoms in total. The van der Waals surface area contributed by atoms with Gasteiger partial charge in [-0.15, -0.1) is 21.8 Å². The zero-order chi connectivity index (χ0) is 17.8. The molecule has 130 valence electrons. The van der Waals surface area contributed by atoms with Gasteiger partial charge in [0.15, 0.2) is 0 Å². The number of fused-ring (bicyclic) bond motifs is 1. The number of rotatable bonds is 6. The first-order valence-electron chi connectivity index (χ1n) is 7.37. The lowest BCUT2D eigenvalue weighted by Gasteiger charge is -2.12. The molecule has 3 amide bonds. The van der Waals surface area contributed by atoms with Crippen molar-refractivity contribution in [2.24, 2.45) is 0 Å². The van der Waals surface area contributed by atoms with E-state index in [9.17, 15) is 14.4 Å². The summed E-state index contributed by atoms with van der Waals surface area (Å²) in [6, 6.07) is 6.71. The van der Waals surface area contributed by atoms with Crippen molar-refractivity contribution in [3.63, 3.8) is 0 Å². The number of amides is 3. The normalized spacial score (nSPS) is 13.1. The Hall–Kier alpha value is -2.52. The topological polar surface area (TPSA) is 101 Å². The molecule has 0 radical (unpaired) electrons. The van der Waals surface area contributed by atoms with Crippen molar-refractivity contribution < 1.29 is 19.1 Å². The van der Waals surface area contributed by atoms with Crippen LogP contribution < -0.4 is 5.32 Å². The summed E-state index contributed by atoms with van der Waals surface area (Å²) in [6.07, 6.45) is -0.314. The van der Waals surface area contributed by atoms with Gasteiger partial charge >= 0.3 is 6.09 Å². The molecule has 0 fully saturated rings. The molecule has 0 atom stereocenters. The Morgan fingerprint density at radius 2 is 1.88 bits per heavy atom. The summed E-state index contributed by atoms with van der Waals surface area (Å²) in [4.78, 5) is 37.1. The number of ether oxygens (including phenoxy) is 1. The van der Waals surface area contributed by atoms with Gasteiger partial charge in [0.2, 0.25) is 5.13 Å². The third kappa shape index (κ3) is 3.77. The molecule has 0 saturated heterocycles. The van der Waals surface area contributed by atoms with E-state index >= 15 is 0 Å². The average molecular weight is 381 g/mol. The summed E-state index contributed by atoms with van der Waals surface area (Å²) in [6.45, 7) is 0.288. The van der Waals surface area contributed by atoms with Gasteiger partial charge in [-0.05, 0) is 12.1 Å². The van der Waals surface area contributed by atoms with Crippen molar-refractivity contribution in [1.82, 2.24) is 15.1 Å². The molecule has 0 bridgehead atoms. The number of anilines is 1. The van der Waals surface area contributed by atoms with Gasteiger partial charge in [0, 0.05) is 13.0 Å². The first-order chi connectivity index (χ1) is 12.1. The molecule has 1 aliphatic heterocycles. The van der Waals surface area contributed by atoms with Gasteiger partial charge in [0.1, 0.15) is 11.6 Å². The summed E-state index contributed by atoms with van der Waals surface area (Å²) in [5.41, 5.74) is 0.823. The monoisotopic (exact) mass is 380 g/mol. The van der Waals surface area contributed by atoms with Gasteiger partial charge in [-0.1, -0.05) is 23.5 Å². The molecule has 1 aromatic carbocycles. The number of hydrogen-bond donors (Lipinski definition) is 1. The Labute approximate surface area is 151 Å². The summed E-state index contributed by atoms with van der Waals surface area (Å²) < 4.78 is 4.77. The summed E-state index contributed by atoms with van der Waals surface area (Å²) in [5, 5.41) is 11.1. The first kappa shape index (κ1) is 17.3. The zero-order valence-corrected chi connectivity index (χ0v) is 14.5. The van der Waals surface area contributed by atoms with Crippen LogP contribution >= 0.6 is 22.9 Å². The van der Waals surface area contributed by atoms with E-state index in [1.807, 2.05) is 0 Å². The second kappa shape index (κ2) is 7.58. The number of hydrogen-bond acceptors (Lipinski definition) is 7. The minimum Gasteiger partial charge on any atom is -0.448 e. The van der Waals surface area contributed by atoms with Crippen molar-refractivity contribution in [3.05, 3.63) is 40.4 Å². The predicted molar refractivity (Wildman–Crippen MR) is 91.1 cm³/mol. The largest absolute Gasteiger partial charge is 0.448 e. The highest BCUT2D eigenvalue weighted by Gasteiger charge is 2.34. The highest BCUT2D eigenvalue weighted by Crippen LogP contribution is 2.23. The van der Waals surface area contributed by atoms with E-state index in [1.165, 1.54) is 4.90 Å². The lowest BCUT2D eigenvalue weighted by Crippen LogP contribution is -2.31. The Bertz CT molecular complexity index is 790. The number of nitrogens with zero attached hydrogens (tertiary/aromatic N) is 3. The Morgan fingerprint density at radius 3 is 2.52 bits per heavy atom. The molecule has 1 aliphatic rings. The molecule has 10 heteroatoms. The molecule has 2 aromatic rings. The Balaban J connectivity index is 1.57. The van der Waals surface area contributed by atoms with Gasteiger partial charge in [-0.2, -0.15) is 0 Å². The van der Waals surface area contributed by atoms with E-state index in [1.54, 1.807) is 24.3 Å². The number of alkyl halides is 1. The lowest BCUT2D eigenvalue weighted by molar-refractivity contribution is 0.0656. The van der Waals surface area contributed by atoms with Crippen molar-refractivity contribution in [1.29, 1.82) is 0 Å². The fourth-order valence-corrected chi connectivity index (χ4v) is 3.10. The molecule has 0 saturated carbocycles. The van der Waals surface area contributed by atoms with Crippen molar-refractivity contribution >= 4 is 46.0 Å². The molecule has 0 spiro atoms. The van der Waals surface area contributed by atoms with E-state index in [-0.39, 0.29) is 36.0 Å². The van der Waals surface area contributed by atoms with Crippen LogP contribution in [0.1, 0.15) is 25.7 Å². The van der Waals surface area contributed by atoms with Crippen LogP contribution in [0.2, 0.25) is 0 Å². The van der Waals surface area contributed by atoms with Crippen LogP contribution in [0.4, 0.5) is 9.93 Å². The molecule has 1 N–H and O–H groups in total. The van der Waals surface area contributed by atoms with E-state index in [0.29, 0.717) is 22.6 Å². The second-order valence-corrected chi connectivity index (χ2v) is 6.45. The van der Waals surface area contributed by atoms with Crippen LogP contribution in [0.5, 0.6) is 0 Å². The molecule has 2 heterocycles. The van der Waals surface area contributed by atoms with Gasteiger partial charge in [-0.3, -0.25) is 19.8 Å². The van der Waals surface area contributed by atoms with Crippen LogP contribution in [-0.2, 0) is 11.2 Å². The van der Waals surface area contributed by atoms with Crippen molar-refractivity contribution in [2.75, 3.05) is 24.3 Å². The van der Waals surface area contributed by atoms with E-state index in [2.05, 4.69) is 15.5 Å². The lowest BCUT2D eigenvalue weighted by atomic mass is 10.1. The van der Waals surface area contributed by atoms with Gasteiger partial charge in [0.25, 0.3) is 11.8 Å². The molecule has 0 aliphatic carbocycles. The number of carbonyl (C=O) groups is 3. The van der Waals surface area contributed by atoms with Crippen LogP contribution in [0.15, 0.2) is 24.3 Å². The van der Waals surface area contributed by atoms with E-state index < -0.39 is 6.09 Å². The molecule has 1 aromatic heterocycles. The maximum atomic E-state index is 12.3. The predicted octanol–water partition coefficient (Wildman–Crippen LogP) is 2.16. The number of benzene rings is 1. The number of halogens is 1. The Morgan fingerprint density at radius 1 is 1.20 bits per heavy atom. The standard InChI is InChI=1S/C15H13ClN4O4S/c16-6-8-24-15(23)17-14-19-18-11(25-14)5-7-20-12(21)9-3-1-2-4-10(9)13(20)22/h1-4H,5-8H2,(H,17,19,23). The average Bonchev–Trinajstić information content (AvgIpc) is 3.15. The van der Waals surface area contributed by atoms with E-state index in [0.717, 1.165) is 11.3 Å². The fourth-order valence-electron chi connectivity index (χ4n) is 2.31. The second-order valence-electron chi connectivity index (χ2n) is 5.01. The minimum absolute atomic E-state index is 0.0960. The summed E-state index contributed by atoms with van der Waals surface area (Å²) >= 11 is 6.57. The van der Waals surface area contributed by atoms with Gasteiger partial charge in [0.05, 0.1) is 17.0 Å². The smallest absolute Gasteiger partial charge is 0.413 e. The Kier molecular flexibility index (Phi) is 5.25. The first-order valence-corrected chi connectivity index (χ1v) is 8.72. The molecule has 25 heavy (non-hydrogen) atoms. The van der Waals surface area contributed by atoms with Crippen molar-refractivity contribution in [2.45, 2.75) is 6.42 Å². The number of nitrogens with one attached hydrogen (secondary N) is 1. The van der Waals surface area contributed by atoms with E-state index in [4.69, 9.17) is 16.3 Å². The quantitative estimate of drug-likeness (QED) is 0.608. The zero-order valence-electron chi connectivity index (χ0n) is 12.9. The number of imide groups is 1. The van der Waals surface area contributed by atoms with Gasteiger partial charge in [-0.25, -0.2) is 4.79 Å². The van der Waals surface area contributed by atoms with Crippen LogP contribution in [-0.4, -0.2) is 52.0 Å². The fraction of sp³-hybridized carbons (Fsp3) is 0.267. The van der Waals surface area contributed by atoms with Crippen LogP contribution in [0, 0.1) is 0 Å². The third-order valence-corrected chi connectivity index (χ3v) is 4.47. The highest BCUT2D eigenvalue weighted by molar-refractivity contribution is 7.15.